The van der Waals surface area contributed by atoms with Crippen LogP contribution in [0.4, 0.5) is 0 Å². The van der Waals surface area contributed by atoms with E-state index in [1.165, 1.54) is 12.1 Å². The van der Waals surface area contributed by atoms with Crippen molar-refractivity contribution in [2.45, 2.75) is 32.5 Å². The van der Waals surface area contributed by atoms with Gasteiger partial charge in [-0.25, -0.2) is 19.2 Å². The molecule has 0 aliphatic heterocycles. The van der Waals surface area contributed by atoms with E-state index in [2.05, 4.69) is 0 Å². The van der Waals surface area contributed by atoms with Crippen molar-refractivity contribution in [2.24, 2.45) is 0 Å². The maximum atomic E-state index is 12.2. The molecular formula is C64H63BNaO13. The van der Waals surface area contributed by atoms with Gasteiger partial charge in [-0.15, -0.1) is 0 Å². The van der Waals surface area contributed by atoms with Crippen LogP contribution in [0.5, 0.6) is 0 Å². The summed E-state index contributed by atoms with van der Waals surface area (Å²) in [7, 11) is 1.66. The number of benzene rings is 8. The number of carboxylic acid groups (broad SMARTS) is 2. The number of carbonyl (C=O) groups is 6. The van der Waals surface area contributed by atoms with Gasteiger partial charge in [-0.2, -0.15) is 0 Å². The predicted molar refractivity (Wildman–Crippen MR) is 302 cm³/mol. The molecule has 8 aromatic carbocycles. The smallest absolute Gasteiger partial charge is 1.00 e. The largest absolute Gasteiger partial charge is 1.00 e. The Kier molecular flexibility index (Phi) is 29.2. The number of ether oxygens (including phenoxy) is 4. The number of aliphatic hydroxyl groups is 1. The normalized spacial score (nSPS) is 10.7. The molecule has 0 amide bonds. The molecule has 15 heteroatoms. The van der Waals surface area contributed by atoms with Gasteiger partial charge in [-0.3, -0.25) is 9.59 Å². The van der Waals surface area contributed by atoms with Crippen molar-refractivity contribution < 1.29 is 95.4 Å². The van der Waals surface area contributed by atoms with Gasteiger partial charge in [-0.1, -0.05) is 170 Å². The molecule has 0 aromatic heterocycles. The molecule has 3 N–H and O–H groups in total. The zero-order valence-corrected chi connectivity index (χ0v) is 46.5. The Bertz CT molecular complexity index is 3170. The molecule has 0 aliphatic rings. The first-order valence-corrected chi connectivity index (χ1v) is 24.6. The summed E-state index contributed by atoms with van der Waals surface area (Å²) in [4.78, 5) is 69.5. The van der Waals surface area contributed by atoms with E-state index in [1.807, 2.05) is 91.0 Å². The summed E-state index contributed by atoms with van der Waals surface area (Å²) < 4.78 is 20.9. The van der Waals surface area contributed by atoms with Gasteiger partial charge in [0.25, 0.3) is 0 Å². The number of rotatable bonds is 19. The fraction of sp³-hybridized carbons (Fsp3) is 0.156. The molecule has 0 saturated heterocycles. The van der Waals surface area contributed by atoms with Crippen molar-refractivity contribution in [3.63, 3.8) is 0 Å². The molecule has 0 aliphatic carbocycles. The molecule has 0 heterocycles. The van der Waals surface area contributed by atoms with Gasteiger partial charge >= 0.3 is 53.4 Å². The number of aliphatic hydroxyl groups excluding tert-OH is 1. The zero-order valence-electron chi connectivity index (χ0n) is 45.5. The molecule has 79 heavy (non-hydrogen) atoms. The minimum Gasteiger partial charge on any atom is -1.00 e. The van der Waals surface area contributed by atoms with Gasteiger partial charge in [0.1, 0.15) is 12.2 Å². The van der Waals surface area contributed by atoms with E-state index in [-0.39, 0.29) is 75.6 Å². The standard InChI is InChI=1S/C18H20O4.C16H16O3.C16H14O3.C14H10O3.B.Na.H2.H/c1-21-11-6-12-22-17(14-7-3-2-4-8-14)15-9-5-10-16(13-15)18(19)20;2*1-2-19-16(18)14-10-6-9-13(11-14)15(17)12-7-4-3-5-8-12;15-13(10-5-2-1-3-6-10)11-7-4-8-12(9-11)14(16)17;;;;/h2-5,7-10,13,17H,6,11-12H2,1H3,(H,19,20);3-11,15,17H,2H2,1H3;3-11H,2H2,1H3;1-9H,(H,16,17);;;1H;/q;;;;;+1;;-1/i;;;;;;1+1;. The molecule has 0 fully saturated rings. The maximum Gasteiger partial charge on any atom is 1.00 e. The molecule has 13 nitrogen and oxygen atoms in total. The first-order valence-electron chi connectivity index (χ1n) is 24.6. The zero-order chi connectivity index (χ0) is 55.4. The van der Waals surface area contributed by atoms with Gasteiger partial charge in [0.15, 0.2) is 11.6 Å². The second-order valence-corrected chi connectivity index (χ2v) is 16.7. The Balaban J connectivity index is 0.000000533. The van der Waals surface area contributed by atoms with Crippen molar-refractivity contribution in [1.82, 2.24) is 0 Å². The van der Waals surface area contributed by atoms with Crippen LogP contribution in [0.25, 0.3) is 0 Å². The molecule has 0 saturated carbocycles. The van der Waals surface area contributed by atoms with Crippen molar-refractivity contribution in [3.05, 3.63) is 285 Å². The summed E-state index contributed by atoms with van der Waals surface area (Å²) in [5, 5.41) is 28.3. The molecule has 0 spiro atoms. The van der Waals surface area contributed by atoms with Crippen LogP contribution in [-0.2, 0) is 18.9 Å². The van der Waals surface area contributed by atoms with Crippen LogP contribution < -0.4 is 29.6 Å². The van der Waals surface area contributed by atoms with Crippen LogP contribution in [-0.4, -0.2) is 92.7 Å². The summed E-state index contributed by atoms with van der Waals surface area (Å²) in [5.74, 6) is -3.03. The summed E-state index contributed by atoms with van der Waals surface area (Å²) in [6.07, 6.45) is -0.230. The summed E-state index contributed by atoms with van der Waals surface area (Å²) in [6.45, 7) is 5.35. The van der Waals surface area contributed by atoms with Crippen LogP contribution in [0.2, 0.25) is 0 Å². The fourth-order valence-corrected chi connectivity index (χ4v) is 7.44. The Hall–Kier alpha value is -8.08. The topological polar surface area (TPSA) is 200 Å². The minimum absolute atomic E-state index is 0. The third kappa shape index (κ3) is 21.0. The quantitative estimate of drug-likeness (QED) is 0.0300. The third-order valence-corrected chi connectivity index (χ3v) is 11.2. The van der Waals surface area contributed by atoms with E-state index >= 15 is 0 Å². The van der Waals surface area contributed by atoms with E-state index in [0.29, 0.717) is 65.4 Å². The number of hydrogen-bond donors (Lipinski definition) is 3. The molecule has 8 rings (SSSR count). The van der Waals surface area contributed by atoms with Crippen LogP contribution in [0, 0.1) is 0 Å². The molecule has 3 radical (unpaired) electrons. The second kappa shape index (κ2) is 35.4. The Morgan fingerprint density at radius 2 is 0.772 bits per heavy atom. The Labute approximate surface area is 487 Å². The Morgan fingerprint density at radius 1 is 0.430 bits per heavy atom. The molecule has 2 unspecified atom stereocenters. The van der Waals surface area contributed by atoms with Crippen LogP contribution in [0.3, 0.4) is 0 Å². The van der Waals surface area contributed by atoms with Gasteiger partial charge in [0, 0.05) is 45.8 Å². The van der Waals surface area contributed by atoms with Gasteiger partial charge in [-0.05, 0) is 91.1 Å². The van der Waals surface area contributed by atoms with E-state index in [0.717, 1.165) is 23.1 Å². The number of carboxylic acids is 2. The molecule has 401 valence electrons. The van der Waals surface area contributed by atoms with Crippen LogP contribution >= 0.6 is 0 Å². The average Bonchev–Trinajstić information content (AvgIpc) is 3.49. The number of carbonyl (C=O) groups excluding carboxylic acids is 4. The van der Waals surface area contributed by atoms with Gasteiger partial charge < -0.3 is 35.7 Å². The SMILES string of the molecule is CCOC(=O)c1cccc(C(=O)c2ccccc2)c1.CCOC(=O)c1cccc(C(O)c2ccccc2)c1.COCCCOC(c1ccccc1)c1cccc(C(=O)O)c1.O=C(O)c1cccc(C(=O)c2ccccc2)c1.[2HH].[B].[H-].[Na+]. The van der Waals surface area contributed by atoms with Gasteiger partial charge in [0.05, 0.1) is 42.1 Å². The molecular weight excluding hydrogens is 1010 g/mol. The second-order valence-electron chi connectivity index (χ2n) is 16.7. The number of esters is 2. The van der Waals surface area contributed by atoms with Crippen molar-refractivity contribution in [2.75, 3.05) is 33.5 Å². The van der Waals surface area contributed by atoms with Gasteiger partial charge in [0.2, 0.25) is 0 Å². The molecule has 0 bridgehead atoms. The summed E-state index contributed by atoms with van der Waals surface area (Å²) in [6, 6.07) is 63.2. The Morgan fingerprint density at radius 3 is 1.23 bits per heavy atom. The predicted octanol–water partition coefficient (Wildman–Crippen LogP) is 9.16. The third-order valence-electron chi connectivity index (χ3n) is 11.2. The first-order chi connectivity index (χ1) is 37.3. The monoisotopic (exact) mass is 1070 g/mol. The number of ketones is 2. The van der Waals surface area contributed by atoms with Crippen molar-refractivity contribution >= 4 is 43.9 Å². The molecule has 2 atom stereocenters. The van der Waals surface area contributed by atoms with Crippen molar-refractivity contribution in [3.8, 4) is 0 Å². The number of aromatic carboxylic acids is 2. The summed E-state index contributed by atoms with van der Waals surface area (Å²) in [5.41, 5.74) is 6.56. The molecule has 8 aromatic rings. The number of methoxy groups -OCH3 is 1. The average molecular weight is 1080 g/mol. The van der Waals surface area contributed by atoms with Crippen LogP contribution in [0.15, 0.2) is 218 Å². The number of hydrogen-bond acceptors (Lipinski definition) is 11. The van der Waals surface area contributed by atoms with E-state index in [1.54, 1.807) is 136 Å². The van der Waals surface area contributed by atoms with Crippen LogP contribution in [0.1, 0.15) is 131 Å². The fourth-order valence-electron chi connectivity index (χ4n) is 7.44. The summed E-state index contributed by atoms with van der Waals surface area (Å²) >= 11 is 0. The minimum atomic E-state index is -1.03. The van der Waals surface area contributed by atoms with E-state index < -0.39 is 24.0 Å². The maximum absolute atomic E-state index is 12.2. The van der Waals surface area contributed by atoms with Crippen molar-refractivity contribution in [1.29, 1.82) is 0 Å². The first kappa shape index (κ1) is 65.2. The van der Waals surface area contributed by atoms with E-state index in [9.17, 15) is 33.9 Å². The van der Waals surface area contributed by atoms with E-state index in [4.69, 9.17) is 29.2 Å².